The van der Waals surface area contributed by atoms with Crippen LogP contribution in [0.15, 0.2) is 12.3 Å². The summed E-state index contributed by atoms with van der Waals surface area (Å²) in [7, 11) is 1.65. The molecule has 1 heterocycles. The Kier molecular flexibility index (Phi) is 3.09. The summed E-state index contributed by atoms with van der Waals surface area (Å²) in [6.45, 7) is 4.19. The Labute approximate surface area is 73.6 Å². The number of rotatable bonds is 3. The van der Waals surface area contributed by atoms with Crippen LogP contribution in [0.2, 0.25) is 0 Å². The summed E-state index contributed by atoms with van der Waals surface area (Å²) >= 11 is 0. The Hall–Kier alpha value is -1.05. The maximum absolute atomic E-state index is 5.07. The zero-order chi connectivity index (χ0) is 8.97. The number of ether oxygens (including phenoxy) is 1. The molecule has 0 radical (unpaired) electrons. The first-order valence-corrected chi connectivity index (χ1v) is 4.27. The maximum Gasteiger partial charge on any atom is 0.215 e. The Morgan fingerprint density at radius 1 is 1.50 bits per heavy atom. The molecular formula is C10H15NO. The predicted molar refractivity (Wildman–Crippen MR) is 49.5 cm³/mol. The predicted octanol–water partition coefficient (Wildman–Crippen LogP) is 2.35. The quantitative estimate of drug-likeness (QED) is 0.686. The second-order valence-corrected chi connectivity index (χ2v) is 2.92. The summed E-state index contributed by atoms with van der Waals surface area (Å²) in [6, 6.07) is 2.13. The van der Waals surface area contributed by atoms with Crippen molar-refractivity contribution in [3.8, 4) is 5.88 Å². The second-order valence-electron chi connectivity index (χ2n) is 2.92. The molecule has 0 amide bonds. The molecule has 2 heteroatoms. The molecule has 1 aromatic heterocycles. The molecule has 0 spiro atoms. The third-order valence-corrected chi connectivity index (χ3v) is 1.82. The van der Waals surface area contributed by atoms with Gasteiger partial charge in [-0.1, -0.05) is 13.3 Å². The third-order valence-electron chi connectivity index (χ3n) is 1.82. The largest absolute Gasteiger partial charge is 0.481 e. The molecule has 1 rings (SSSR count). The highest BCUT2D eigenvalue weighted by Gasteiger charge is 1.99. The highest BCUT2D eigenvalue weighted by Crippen LogP contribution is 2.15. The minimum atomic E-state index is 0.731. The van der Waals surface area contributed by atoms with Crippen LogP contribution < -0.4 is 4.74 Å². The van der Waals surface area contributed by atoms with E-state index >= 15 is 0 Å². The van der Waals surface area contributed by atoms with E-state index in [1.165, 1.54) is 5.56 Å². The number of hydrogen-bond donors (Lipinski definition) is 0. The Bertz CT molecular complexity index is 258. The van der Waals surface area contributed by atoms with Crippen LogP contribution in [-0.4, -0.2) is 12.1 Å². The van der Waals surface area contributed by atoms with Gasteiger partial charge in [-0.15, -0.1) is 0 Å². The van der Waals surface area contributed by atoms with Crippen LogP contribution in [0.1, 0.15) is 24.5 Å². The van der Waals surface area contributed by atoms with Crippen LogP contribution in [-0.2, 0) is 6.42 Å². The van der Waals surface area contributed by atoms with Crippen LogP contribution in [0, 0.1) is 6.92 Å². The van der Waals surface area contributed by atoms with Gasteiger partial charge in [0.15, 0.2) is 0 Å². The molecule has 0 unspecified atom stereocenters. The second kappa shape index (κ2) is 4.10. The van der Waals surface area contributed by atoms with E-state index in [0.29, 0.717) is 0 Å². The minimum absolute atomic E-state index is 0.731. The number of nitrogens with zero attached hydrogens (tertiary/aromatic N) is 1. The van der Waals surface area contributed by atoms with E-state index in [2.05, 4.69) is 18.0 Å². The van der Waals surface area contributed by atoms with Crippen LogP contribution >= 0.6 is 0 Å². The van der Waals surface area contributed by atoms with Gasteiger partial charge in [0.2, 0.25) is 5.88 Å². The molecule has 12 heavy (non-hydrogen) atoms. The van der Waals surface area contributed by atoms with Crippen LogP contribution in [0.25, 0.3) is 0 Å². The van der Waals surface area contributed by atoms with Crippen molar-refractivity contribution in [3.63, 3.8) is 0 Å². The smallest absolute Gasteiger partial charge is 0.215 e. The summed E-state index contributed by atoms with van der Waals surface area (Å²) in [5, 5.41) is 0. The van der Waals surface area contributed by atoms with Gasteiger partial charge in [0.05, 0.1) is 7.11 Å². The Morgan fingerprint density at radius 2 is 2.25 bits per heavy atom. The van der Waals surface area contributed by atoms with Gasteiger partial charge < -0.3 is 4.74 Å². The van der Waals surface area contributed by atoms with Crippen molar-refractivity contribution in [3.05, 3.63) is 23.4 Å². The number of aromatic nitrogens is 1. The third kappa shape index (κ3) is 1.97. The first-order valence-electron chi connectivity index (χ1n) is 4.27. The molecule has 0 saturated heterocycles. The molecule has 0 atom stereocenters. The van der Waals surface area contributed by atoms with E-state index in [1.807, 2.05) is 13.1 Å². The van der Waals surface area contributed by atoms with E-state index in [-0.39, 0.29) is 0 Å². The van der Waals surface area contributed by atoms with Crippen molar-refractivity contribution in [1.82, 2.24) is 4.98 Å². The zero-order valence-electron chi connectivity index (χ0n) is 7.92. The number of pyridine rings is 1. The van der Waals surface area contributed by atoms with E-state index in [1.54, 1.807) is 7.11 Å². The van der Waals surface area contributed by atoms with Gasteiger partial charge in [-0.3, -0.25) is 0 Å². The average Bonchev–Trinajstić information content (AvgIpc) is 2.05. The van der Waals surface area contributed by atoms with Gasteiger partial charge in [-0.25, -0.2) is 4.98 Å². The lowest BCUT2D eigenvalue weighted by atomic mass is 10.1. The van der Waals surface area contributed by atoms with Crippen molar-refractivity contribution >= 4 is 0 Å². The van der Waals surface area contributed by atoms with Gasteiger partial charge in [-0.05, 0) is 25.0 Å². The average molecular weight is 165 g/mol. The first-order chi connectivity index (χ1) is 5.77. The van der Waals surface area contributed by atoms with Crippen molar-refractivity contribution in [2.24, 2.45) is 0 Å². The fourth-order valence-corrected chi connectivity index (χ4v) is 1.26. The highest BCUT2D eigenvalue weighted by atomic mass is 16.5. The van der Waals surface area contributed by atoms with Gasteiger partial charge in [0.1, 0.15) is 0 Å². The fraction of sp³-hybridized carbons (Fsp3) is 0.500. The summed E-state index contributed by atoms with van der Waals surface area (Å²) in [5.74, 6) is 0.731. The van der Waals surface area contributed by atoms with Gasteiger partial charge in [0, 0.05) is 11.8 Å². The molecular weight excluding hydrogens is 150 g/mol. The van der Waals surface area contributed by atoms with Crippen molar-refractivity contribution < 1.29 is 4.74 Å². The summed E-state index contributed by atoms with van der Waals surface area (Å²) in [5.41, 5.74) is 2.40. The van der Waals surface area contributed by atoms with Crippen molar-refractivity contribution in [2.45, 2.75) is 26.7 Å². The lowest BCUT2D eigenvalue weighted by molar-refractivity contribution is 0.394. The molecule has 0 aliphatic heterocycles. The molecule has 1 aromatic rings. The number of methoxy groups -OCH3 is 1. The zero-order valence-corrected chi connectivity index (χ0v) is 7.92. The first kappa shape index (κ1) is 9.04. The lowest BCUT2D eigenvalue weighted by Gasteiger charge is -2.04. The lowest BCUT2D eigenvalue weighted by Crippen LogP contribution is -1.93. The molecule has 0 bridgehead atoms. The molecule has 2 nitrogen and oxygen atoms in total. The van der Waals surface area contributed by atoms with Crippen molar-refractivity contribution in [2.75, 3.05) is 7.11 Å². The van der Waals surface area contributed by atoms with Crippen molar-refractivity contribution in [1.29, 1.82) is 0 Å². The monoisotopic (exact) mass is 165 g/mol. The van der Waals surface area contributed by atoms with Gasteiger partial charge >= 0.3 is 0 Å². The SMILES string of the molecule is CCCc1cnc(OC)c(C)c1. The molecule has 0 saturated carbocycles. The van der Waals surface area contributed by atoms with Crippen LogP contribution in [0.5, 0.6) is 5.88 Å². The summed E-state index contributed by atoms with van der Waals surface area (Å²) in [4.78, 5) is 4.19. The molecule has 0 aliphatic carbocycles. The molecule has 66 valence electrons. The molecule has 0 fully saturated rings. The van der Waals surface area contributed by atoms with E-state index in [4.69, 9.17) is 4.74 Å². The molecule has 0 aromatic carbocycles. The Morgan fingerprint density at radius 3 is 2.75 bits per heavy atom. The van der Waals surface area contributed by atoms with Crippen LogP contribution in [0.3, 0.4) is 0 Å². The molecule has 0 aliphatic rings. The topological polar surface area (TPSA) is 22.1 Å². The van der Waals surface area contributed by atoms with E-state index < -0.39 is 0 Å². The summed E-state index contributed by atoms with van der Waals surface area (Å²) < 4.78 is 5.07. The number of hydrogen-bond acceptors (Lipinski definition) is 2. The van der Waals surface area contributed by atoms with Gasteiger partial charge in [0.25, 0.3) is 0 Å². The Balaban J connectivity index is 2.86. The van der Waals surface area contributed by atoms with Gasteiger partial charge in [-0.2, -0.15) is 0 Å². The number of aryl methyl sites for hydroxylation is 2. The van der Waals surface area contributed by atoms with E-state index in [9.17, 15) is 0 Å². The standard InChI is InChI=1S/C10H15NO/c1-4-5-9-6-8(2)10(12-3)11-7-9/h6-7H,4-5H2,1-3H3. The van der Waals surface area contributed by atoms with E-state index in [0.717, 1.165) is 24.3 Å². The fourth-order valence-electron chi connectivity index (χ4n) is 1.26. The normalized spacial score (nSPS) is 9.92. The van der Waals surface area contributed by atoms with Crippen LogP contribution in [0.4, 0.5) is 0 Å². The molecule has 0 N–H and O–H groups in total. The summed E-state index contributed by atoms with van der Waals surface area (Å²) in [6.07, 6.45) is 4.14. The highest BCUT2D eigenvalue weighted by molar-refractivity contribution is 5.28. The minimum Gasteiger partial charge on any atom is -0.481 e. The maximum atomic E-state index is 5.07.